The molecule has 3 aliphatic rings. The molecule has 35 heavy (non-hydrogen) atoms. The predicted molar refractivity (Wildman–Crippen MR) is 142 cm³/mol. The second kappa shape index (κ2) is 11.2. The Labute approximate surface area is 217 Å². The van der Waals surface area contributed by atoms with Crippen LogP contribution in [0.1, 0.15) is 36.4 Å². The molecule has 0 amide bonds. The molecule has 5 heterocycles. The lowest BCUT2D eigenvalue weighted by atomic mass is 9.89. The molecule has 0 saturated carbocycles. The Morgan fingerprint density at radius 2 is 1.77 bits per heavy atom. The van der Waals surface area contributed by atoms with E-state index in [9.17, 15) is 4.79 Å². The quantitative estimate of drug-likeness (QED) is 0.554. The summed E-state index contributed by atoms with van der Waals surface area (Å²) >= 11 is 0. The molecule has 1 aromatic carbocycles. The van der Waals surface area contributed by atoms with E-state index in [-0.39, 0.29) is 30.4 Å². The van der Waals surface area contributed by atoms with Gasteiger partial charge in [-0.15, -0.1) is 24.8 Å². The van der Waals surface area contributed by atoms with Crippen molar-refractivity contribution in [2.75, 3.05) is 32.8 Å². The van der Waals surface area contributed by atoms with E-state index in [0.29, 0.717) is 25.2 Å². The number of piperidine rings is 1. The summed E-state index contributed by atoms with van der Waals surface area (Å²) in [5, 5.41) is 4.85. The minimum Gasteiger partial charge on any atom is -0.486 e. The molecule has 1 fully saturated rings. The zero-order chi connectivity index (χ0) is 22.2. The molecule has 7 nitrogen and oxygen atoms in total. The van der Waals surface area contributed by atoms with E-state index in [4.69, 9.17) is 9.47 Å². The minimum atomic E-state index is 0. The molecule has 1 unspecified atom stereocenters. The number of rotatable bonds is 5. The van der Waals surface area contributed by atoms with Gasteiger partial charge in [0.15, 0.2) is 11.5 Å². The van der Waals surface area contributed by atoms with Gasteiger partial charge in [-0.25, -0.2) is 0 Å². The third kappa shape index (κ3) is 5.28. The van der Waals surface area contributed by atoms with Crippen LogP contribution in [0.25, 0.3) is 10.9 Å². The highest BCUT2D eigenvalue weighted by Gasteiger charge is 2.26. The van der Waals surface area contributed by atoms with Crippen LogP contribution in [0.3, 0.4) is 0 Å². The number of fused-ring (bicyclic) bond motifs is 1. The molecule has 1 N–H and O–H groups in total. The first-order valence-corrected chi connectivity index (χ1v) is 12.1. The van der Waals surface area contributed by atoms with Gasteiger partial charge in [-0.1, -0.05) is 18.2 Å². The summed E-state index contributed by atoms with van der Waals surface area (Å²) < 4.78 is 13.2. The van der Waals surface area contributed by atoms with E-state index in [0.717, 1.165) is 74.7 Å². The maximum atomic E-state index is 12.3. The molecule has 188 valence electrons. The molecule has 3 aromatic rings. The van der Waals surface area contributed by atoms with E-state index in [2.05, 4.69) is 33.4 Å². The van der Waals surface area contributed by atoms with Gasteiger partial charge in [-0.05, 0) is 49.4 Å². The molecule has 1 saturated heterocycles. The minimum absolute atomic E-state index is 0. The summed E-state index contributed by atoms with van der Waals surface area (Å²) in [4.78, 5) is 19.5. The van der Waals surface area contributed by atoms with Gasteiger partial charge in [0.05, 0.1) is 17.4 Å². The van der Waals surface area contributed by atoms with Crippen LogP contribution >= 0.6 is 24.8 Å². The molecule has 0 radical (unpaired) electrons. The topological polar surface area (TPSA) is 68.6 Å². The number of hydrogen-bond donors (Lipinski definition) is 1. The average molecular weight is 519 g/mol. The highest BCUT2D eigenvalue weighted by atomic mass is 35.5. The maximum Gasteiger partial charge on any atom is 0.251 e. The summed E-state index contributed by atoms with van der Waals surface area (Å²) in [5.74, 6) is 2.03. The Hall–Kier alpha value is -2.32. The van der Waals surface area contributed by atoms with Gasteiger partial charge < -0.3 is 24.3 Å². The largest absolute Gasteiger partial charge is 0.486 e. The predicted octanol–water partition coefficient (Wildman–Crippen LogP) is 3.75. The molecule has 0 bridgehead atoms. The van der Waals surface area contributed by atoms with Crippen LogP contribution in [0, 0.1) is 0 Å². The Bertz CT molecular complexity index is 1230. The first-order valence-electron chi connectivity index (χ1n) is 12.1. The molecule has 3 aliphatic heterocycles. The second-order valence-corrected chi connectivity index (χ2v) is 9.37. The smallest absolute Gasteiger partial charge is 0.251 e. The van der Waals surface area contributed by atoms with Gasteiger partial charge in [0.1, 0.15) is 13.2 Å². The molecule has 9 heteroatoms. The van der Waals surface area contributed by atoms with E-state index in [1.807, 2.05) is 16.7 Å². The van der Waals surface area contributed by atoms with Gasteiger partial charge in [0, 0.05) is 43.7 Å². The van der Waals surface area contributed by atoms with Crippen LogP contribution in [0.4, 0.5) is 0 Å². The van der Waals surface area contributed by atoms with Crippen molar-refractivity contribution in [2.24, 2.45) is 0 Å². The molecule has 0 spiro atoms. The van der Waals surface area contributed by atoms with Crippen molar-refractivity contribution in [3.8, 4) is 11.5 Å². The number of benzene rings is 1. The lowest BCUT2D eigenvalue weighted by Gasteiger charge is -2.36. The van der Waals surface area contributed by atoms with Crippen molar-refractivity contribution in [3.05, 3.63) is 64.2 Å². The first kappa shape index (κ1) is 25.8. The van der Waals surface area contributed by atoms with E-state index in [1.165, 1.54) is 10.9 Å². The second-order valence-electron chi connectivity index (χ2n) is 9.37. The maximum absolute atomic E-state index is 12.3. The van der Waals surface area contributed by atoms with Crippen LogP contribution in [-0.4, -0.2) is 53.3 Å². The number of para-hydroxylation sites is 1. The molecule has 1 atom stereocenters. The van der Waals surface area contributed by atoms with Crippen molar-refractivity contribution in [1.82, 2.24) is 19.8 Å². The number of halogens is 2. The lowest BCUT2D eigenvalue weighted by molar-refractivity contribution is 0.170. The van der Waals surface area contributed by atoms with Gasteiger partial charge in [-0.3, -0.25) is 9.78 Å². The summed E-state index contributed by atoms with van der Waals surface area (Å²) in [6.45, 7) is 6.02. The van der Waals surface area contributed by atoms with Crippen molar-refractivity contribution in [3.63, 3.8) is 0 Å². The fourth-order valence-electron chi connectivity index (χ4n) is 5.54. The fraction of sp³-hybridized carbons (Fsp3) is 0.462. The Kier molecular flexibility index (Phi) is 8.22. The lowest BCUT2D eigenvalue weighted by Crippen LogP contribution is -2.44. The molecule has 6 rings (SSSR count). The summed E-state index contributed by atoms with van der Waals surface area (Å²) in [5.41, 5.74) is 3.59. The number of aryl methyl sites for hydroxylation is 1. The zero-order valence-electron chi connectivity index (χ0n) is 19.7. The standard InChI is InChI=1S/C26H30N4O3.2ClH/c31-25-5-4-18-2-1-3-22-19(6-11-30(25)26(18)22)17-29-9-7-20(8-10-29)27-15-21-14-23-24(16-28-21)33-13-12-32-23;;/h1-5,14,16,19-20,27H,6-13,15,17H2;2*1H. The van der Waals surface area contributed by atoms with Crippen LogP contribution in [0.5, 0.6) is 11.5 Å². The van der Waals surface area contributed by atoms with E-state index in [1.54, 1.807) is 12.3 Å². The SMILES string of the molecule is Cl.Cl.O=c1ccc2cccc3c2n1CCC3CN1CCC(NCc2cc3c(cn2)OCCO3)CC1. The van der Waals surface area contributed by atoms with Gasteiger partial charge in [-0.2, -0.15) is 0 Å². The summed E-state index contributed by atoms with van der Waals surface area (Å²) in [7, 11) is 0. The Morgan fingerprint density at radius 3 is 2.60 bits per heavy atom. The average Bonchev–Trinajstić information content (AvgIpc) is 2.86. The highest BCUT2D eigenvalue weighted by Crippen LogP contribution is 2.33. The molecule has 2 aromatic heterocycles. The van der Waals surface area contributed by atoms with Crippen molar-refractivity contribution in [2.45, 2.75) is 44.3 Å². The third-order valence-electron chi connectivity index (χ3n) is 7.31. The van der Waals surface area contributed by atoms with Crippen molar-refractivity contribution in [1.29, 1.82) is 0 Å². The van der Waals surface area contributed by atoms with Crippen LogP contribution in [0.2, 0.25) is 0 Å². The molecular weight excluding hydrogens is 487 g/mol. The molecular formula is C26H32Cl2N4O3. The Balaban J connectivity index is 0.00000144. The number of nitrogens with zero attached hydrogens (tertiary/aromatic N) is 3. The van der Waals surface area contributed by atoms with Gasteiger partial charge in [0.2, 0.25) is 0 Å². The van der Waals surface area contributed by atoms with Crippen LogP contribution in [0.15, 0.2) is 47.4 Å². The number of hydrogen-bond acceptors (Lipinski definition) is 6. The summed E-state index contributed by atoms with van der Waals surface area (Å²) in [6, 6.07) is 12.6. The fourth-order valence-corrected chi connectivity index (χ4v) is 5.54. The third-order valence-corrected chi connectivity index (χ3v) is 7.31. The normalized spacial score (nSPS) is 19.6. The molecule has 0 aliphatic carbocycles. The van der Waals surface area contributed by atoms with Crippen LogP contribution in [-0.2, 0) is 13.1 Å². The van der Waals surface area contributed by atoms with E-state index < -0.39 is 0 Å². The Morgan fingerprint density at radius 1 is 0.971 bits per heavy atom. The number of likely N-dealkylation sites (tertiary alicyclic amines) is 1. The van der Waals surface area contributed by atoms with E-state index >= 15 is 0 Å². The van der Waals surface area contributed by atoms with Gasteiger partial charge in [0.25, 0.3) is 5.56 Å². The monoisotopic (exact) mass is 518 g/mol. The van der Waals surface area contributed by atoms with Gasteiger partial charge >= 0.3 is 0 Å². The zero-order valence-corrected chi connectivity index (χ0v) is 21.3. The number of pyridine rings is 2. The number of ether oxygens (including phenoxy) is 2. The summed E-state index contributed by atoms with van der Waals surface area (Å²) in [6.07, 6.45) is 5.07. The first-order chi connectivity index (χ1) is 16.2. The van der Waals surface area contributed by atoms with Crippen LogP contribution < -0.4 is 20.3 Å². The number of aromatic nitrogens is 2. The number of nitrogens with one attached hydrogen (secondary N) is 1. The highest BCUT2D eigenvalue weighted by molar-refractivity contribution is 5.85. The van der Waals surface area contributed by atoms with Crippen molar-refractivity contribution < 1.29 is 9.47 Å². The van der Waals surface area contributed by atoms with Crippen molar-refractivity contribution >= 4 is 35.7 Å².